The van der Waals surface area contributed by atoms with E-state index >= 15 is 0 Å². The molecular weight excluding hydrogens is 645 g/mol. The van der Waals surface area contributed by atoms with Crippen LogP contribution in [0.4, 0.5) is 27.1 Å². The molecule has 0 aromatic heterocycles. The van der Waals surface area contributed by atoms with Crippen LogP contribution in [0.2, 0.25) is 0 Å². The number of hydrogen-bond donors (Lipinski definition) is 5. The highest BCUT2D eigenvalue weighted by molar-refractivity contribution is 5.66. The van der Waals surface area contributed by atoms with Gasteiger partial charge in [0.15, 0.2) is 0 Å². The van der Waals surface area contributed by atoms with E-state index in [0.717, 1.165) is 19.1 Å². The Labute approximate surface area is 283 Å². The lowest BCUT2D eigenvalue weighted by Crippen LogP contribution is -2.45. The maximum absolute atomic E-state index is 12.7. The van der Waals surface area contributed by atoms with Crippen LogP contribution in [0.25, 0.3) is 0 Å². The number of aliphatic carboxylic acids is 1. The number of nitro benzene ring substituents is 2. The number of benzene rings is 2. The molecule has 0 saturated carbocycles. The van der Waals surface area contributed by atoms with Crippen molar-refractivity contribution in [3.8, 4) is 11.5 Å². The molecule has 0 saturated heterocycles. The van der Waals surface area contributed by atoms with Crippen molar-refractivity contribution >= 4 is 35.0 Å². The SMILES string of the molecule is N/C(=C\N(N)C(COc1ccc([N+](=O)[O-])c(NCCCCCC=O)c1)COc1ccc([N+](=O)[O-])c(NCCCCCC(=O)O)c1)CCCF. The zero-order chi connectivity index (χ0) is 36.0. The number of rotatable bonds is 27. The first-order valence-corrected chi connectivity index (χ1v) is 16.1. The Morgan fingerprint density at radius 1 is 0.878 bits per heavy atom. The van der Waals surface area contributed by atoms with E-state index in [1.807, 2.05) is 0 Å². The Bertz CT molecular complexity index is 1400. The number of hydrogen-bond acceptors (Lipinski definition) is 13. The molecule has 0 fully saturated rings. The number of nitrogens with zero attached hydrogens (tertiary/aromatic N) is 3. The molecule has 2 aromatic rings. The van der Waals surface area contributed by atoms with E-state index in [1.165, 1.54) is 47.6 Å². The second-order valence-electron chi connectivity index (χ2n) is 11.2. The molecule has 1 atom stereocenters. The van der Waals surface area contributed by atoms with E-state index in [1.54, 1.807) is 0 Å². The van der Waals surface area contributed by atoms with Crippen molar-refractivity contribution in [2.75, 3.05) is 43.6 Å². The number of carbonyl (C=O) groups is 2. The number of nitrogens with two attached hydrogens (primary N) is 2. The highest BCUT2D eigenvalue weighted by atomic mass is 19.1. The summed E-state index contributed by atoms with van der Waals surface area (Å²) in [5, 5.41) is 39.3. The molecule has 0 aliphatic rings. The van der Waals surface area contributed by atoms with Crippen molar-refractivity contribution in [2.24, 2.45) is 11.6 Å². The van der Waals surface area contributed by atoms with Crippen molar-refractivity contribution in [3.05, 3.63) is 68.5 Å². The lowest BCUT2D eigenvalue weighted by Gasteiger charge is -2.27. The third-order valence-electron chi connectivity index (χ3n) is 7.25. The van der Waals surface area contributed by atoms with Gasteiger partial charge in [-0.2, -0.15) is 0 Å². The van der Waals surface area contributed by atoms with Crippen molar-refractivity contribution in [1.29, 1.82) is 0 Å². The van der Waals surface area contributed by atoms with Gasteiger partial charge in [0.05, 0.1) is 16.5 Å². The summed E-state index contributed by atoms with van der Waals surface area (Å²) in [6.45, 7) is 0.139. The van der Waals surface area contributed by atoms with E-state index in [-0.39, 0.29) is 55.2 Å². The van der Waals surface area contributed by atoms with Gasteiger partial charge in [-0.05, 0) is 50.7 Å². The number of anilines is 2. The molecule has 0 heterocycles. The lowest BCUT2D eigenvalue weighted by atomic mass is 10.2. The van der Waals surface area contributed by atoms with Crippen LogP contribution in [0, 0.1) is 20.2 Å². The number of unbranched alkanes of at least 4 members (excludes halogenated alkanes) is 5. The minimum atomic E-state index is -0.879. The number of hydrazine groups is 1. The number of halogens is 1. The molecule has 270 valence electrons. The Hall–Kier alpha value is -5.19. The van der Waals surface area contributed by atoms with Crippen molar-refractivity contribution < 1.29 is 38.4 Å². The quantitative estimate of drug-likeness (QED) is 0.0263. The van der Waals surface area contributed by atoms with Gasteiger partial charge in [-0.25, -0.2) is 5.84 Å². The van der Waals surface area contributed by atoms with Crippen molar-refractivity contribution in [3.63, 3.8) is 0 Å². The molecule has 17 heteroatoms. The summed E-state index contributed by atoms with van der Waals surface area (Å²) in [5.41, 5.74) is 6.54. The van der Waals surface area contributed by atoms with Gasteiger partial charge in [-0.3, -0.25) is 29.4 Å². The molecule has 0 spiro atoms. The van der Waals surface area contributed by atoms with E-state index in [4.69, 9.17) is 26.2 Å². The smallest absolute Gasteiger partial charge is 0.303 e. The summed E-state index contributed by atoms with van der Waals surface area (Å²) in [6, 6.07) is 7.81. The van der Waals surface area contributed by atoms with Crippen molar-refractivity contribution in [1.82, 2.24) is 5.01 Å². The van der Waals surface area contributed by atoms with Gasteiger partial charge in [-0.1, -0.05) is 12.8 Å². The molecule has 0 aliphatic carbocycles. The molecule has 49 heavy (non-hydrogen) atoms. The van der Waals surface area contributed by atoms with Gasteiger partial charge in [0.2, 0.25) is 0 Å². The van der Waals surface area contributed by atoms with Gasteiger partial charge in [0.25, 0.3) is 11.4 Å². The first-order valence-electron chi connectivity index (χ1n) is 16.1. The molecule has 16 nitrogen and oxygen atoms in total. The van der Waals surface area contributed by atoms with Crippen LogP contribution >= 0.6 is 0 Å². The first-order chi connectivity index (χ1) is 23.5. The summed E-state index contributed by atoms with van der Waals surface area (Å²) in [5.74, 6) is 6.03. The minimum absolute atomic E-state index is 0.0513. The number of carboxylic acids is 1. The number of aldehydes is 1. The third-order valence-corrected chi connectivity index (χ3v) is 7.25. The number of nitro groups is 2. The zero-order valence-electron chi connectivity index (χ0n) is 27.4. The summed E-state index contributed by atoms with van der Waals surface area (Å²) in [7, 11) is 0. The monoisotopic (exact) mass is 691 g/mol. The molecule has 0 radical (unpaired) electrons. The average molecular weight is 692 g/mol. The maximum Gasteiger partial charge on any atom is 0.303 e. The first kappa shape index (κ1) is 40.0. The van der Waals surface area contributed by atoms with Crippen molar-refractivity contribution in [2.45, 2.75) is 70.3 Å². The molecule has 2 rings (SSSR count). The van der Waals surface area contributed by atoms with E-state index in [2.05, 4.69) is 10.6 Å². The normalized spacial score (nSPS) is 11.8. The number of carboxylic acid groups (broad SMARTS) is 1. The van der Waals surface area contributed by atoms with Gasteiger partial charge >= 0.3 is 5.97 Å². The molecule has 2 aromatic carbocycles. The van der Waals surface area contributed by atoms with Crippen LogP contribution in [0.5, 0.6) is 11.5 Å². The fourth-order valence-corrected chi connectivity index (χ4v) is 4.60. The van der Waals surface area contributed by atoms with E-state index in [0.29, 0.717) is 62.4 Å². The highest BCUT2D eigenvalue weighted by Crippen LogP contribution is 2.31. The largest absolute Gasteiger partial charge is 0.491 e. The van der Waals surface area contributed by atoms with Crippen LogP contribution in [-0.4, -0.2) is 71.2 Å². The number of alkyl halides is 1. The Kier molecular flexibility index (Phi) is 18.3. The molecule has 0 amide bonds. The highest BCUT2D eigenvalue weighted by Gasteiger charge is 2.20. The second kappa shape index (κ2) is 22.4. The van der Waals surface area contributed by atoms with Crippen LogP contribution < -0.4 is 31.7 Å². The number of nitrogens with one attached hydrogen (secondary N) is 2. The number of allylic oxidation sites excluding steroid dienone is 1. The van der Waals surface area contributed by atoms with Crippen LogP contribution in [-0.2, 0) is 9.59 Å². The van der Waals surface area contributed by atoms with Crippen LogP contribution in [0.3, 0.4) is 0 Å². The predicted molar refractivity (Wildman–Crippen MR) is 182 cm³/mol. The Balaban J connectivity index is 2.18. The standard InChI is InChI=1S/C32H46FN7O9/c33-15-8-9-24(34)21-38(35)25(22-48-26-11-13-30(39(44)45)28(19-26)36-16-5-1-2-7-18-41)23-49-27-12-14-31(40(46)47)29(20-27)37-17-6-3-4-10-32(42)43/h11-14,18-21,25,36-37H,1-10,15-17,22-23,34-35H2,(H,42,43)/b24-21-. The molecule has 1 unspecified atom stereocenters. The summed E-state index contributed by atoms with van der Waals surface area (Å²) in [4.78, 5) is 43.4. The van der Waals surface area contributed by atoms with Crippen LogP contribution in [0.15, 0.2) is 48.3 Å². The zero-order valence-corrected chi connectivity index (χ0v) is 27.4. The topological polar surface area (TPSA) is 238 Å². The number of carbonyl (C=O) groups excluding carboxylic acids is 1. The Morgan fingerprint density at radius 3 is 1.88 bits per heavy atom. The third kappa shape index (κ3) is 15.5. The average Bonchev–Trinajstić information content (AvgIpc) is 3.06. The van der Waals surface area contributed by atoms with Gasteiger partial charge in [0, 0.05) is 62.1 Å². The minimum Gasteiger partial charge on any atom is -0.491 e. The summed E-state index contributed by atoms with van der Waals surface area (Å²) in [6.07, 6.45) is 7.24. The molecule has 0 bridgehead atoms. The fraction of sp³-hybridized carbons (Fsp3) is 0.500. The van der Waals surface area contributed by atoms with Gasteiger partial charge < -0.3 is 40.8 Å². The predicted octanol–water partition coefficient (Wildman–Crippen LogP) is 5.28. The van der Waals surface area contributed by atoms with Gasteiger partial charge in [-0.15, -0.1) is 0 Å². The van der Waals surface area contributed by atoms with E-state index in [9.17, 15) is 34.2 Å². The molecule has 7 N–H and O–H groups in total. The Morgan fingerprint density at radius 2 is 1.41 bits per heavy atom. The van der Waals surface area contributed by atoms with Crippen LogP contribution in [0.1, 0.15) is 64.2 Å². The molecule has 0 aliphatic heterocycles. The summed E-state index contributed by atoms with van der Waals surface area (Å²) < 4.78 is 24.7. The summed E-state index contributed by atoms with van der Waals surface area (Å²) >= 11 is 0. The lowest BCUT2D eigenvalue weighted by molar-refractivity contribution is -0.384. The van der Waals surface area contributed by atoms with E-state index < -0.39 is 28.5 Å². The number of ether oxygens (including phenoxy) is 2. The fourth-order valence-electron chi connectivity index (χ4n) is 4.60. The second-order valence-corrected chi connectivity index (χ2v) is 11.2. The maximum atomic E-state index is 12.7. The van der Waals surface area contributed by atoms with Gasteiger partial charge in [0.1, 0.15) is 48.4 Å². The molecular formula is C32H46FN7O9.